The molecule has 1 fully saturated rings. The van der Waals surface area contributed by atoms with Crippen molar-refractivity contribution in [3.8, 4) is 5.75 Å². The van der Waals surface area contributed by atoms with E-state index in [4.69, 9.17) is 4.74 Å². The predicted octanol–water partition coefficient (Wildman–Crippen LogP) is 0.516. The van der Waals surface area contributed by atoms with Gasteiger partial charge >= 0.3 is 6.16 Å². The molecule has 0 bridgehead atoms. The summed E-state index contributed by atoms with van der Waals surface area (Å²) in [5.41, 5.74) is 2.59. The summed E-state index contributed by atoms with van der Waals surface area (Å²) in [6, 6.07) is 1.24. The average Bonchev–Trinajstić information content (AvgIpc) is 2.78. The quantitative estimate of drug-likeness (QED) is 0.394. The fourth-order valence-corrected chi connectivity index (χ4v) is 2.84. The van der Waals surface area contributed by atoms with Crippen LogP contribution in [-0.4, -0.2) is 66.4 Å². The summed E-state index contributed by atoms with van der Waals surface area (Å²) < 4.78 is 15.9. The molecule has 2 atom stereocenters. The van der Waals surface area contributed by atoms with Crippen molar-refractivity contribution in [3.05, 3.63) is 28.2 Å². The van der Waals surface area contributed by atoms with E-state index in [1.807, 2.05) is 11.9 Å². The zero-order valence-electron chi connectivity index (χ0n) is 15.4. The van der Waals surface area contributed by atoms with Crippen LogP contribution >= 0.6 is 0 Å². The Balaban J connectivity index is 2.14. The van der Waals surface area contributed by atoms with Crippen LogP contribution in [-0.2, 0) is 9.47 Å². The summed E-state index contributed by atoms with van der Waals surface area (Å²) in [6.07, 6.45) is 2.70. The molecule has 1 saturated heterocycles. The summed E-state index contributed by atoms with van der Waals surface area (Å²) in [4.78, 5) is 36.8. The van der Waals surface area contributed by atoms with E-state index in [1.54, 1.807) is 6.92 Å². The SMILES string of the molecule is CCOC(=O)OCOc1c(C=O)n(NC2CCCC(O)CN2C)ccc1=O. The van der Waals surface area contributed by atoms with Crippen LogP contribution in [0.5, 0.6) is 5.75 Å². The third-order valence-corrected chi connectivity index (χ3v) is 4.18. The molecule has 27 heavy (non-hydrogen) atoms. The van der Waals surface area contributed by atoms with Gasteiger partial charge in [0.25, 0.3) is 0 Å². The maximum Gasteiger partial charge on any atom is 0.511 e. The number of likely N-dealkylation sites (tertiary alicyclic amines) is 1. The molecule has 2 unspecified atom stereocenters. The number of hydrogen-bond acceptors (Lipinski definition) is 9. The number of carbonyl (C=O) groups is 2. The number of aliphatic hydroxyl groups is 1. The predicted molar refractivity (Wildman–Crippen MR) is 95.3 cm³/mol. The number of nitrogens with one attached hydrogen (secondary N) is 1. The third kappa shape index (κ3) is 5.69. The Labute approximate surface area is 156 Å². The lowest BCUT2D eigenvalue weighted by molar-refractivity contribution is 0.00609. The monoisotopic (exact) mass is 383 g/mol. The van der Waals surface area contributed by atoms with Crippen molar-refractivity contribution >= 4 is 12.4 Å². The molecule has 2 heterocycles. The maximum absolute atomic E-state index is 12.1. The number of nitrogens with zero attached hydrogens (tertiary/aromatic N) is 2. The zero-order valence-corrected chi connectivity index (χ0v) is 15.4. The molecular formula is C17H25N3O7. The molecule has 0 spiro atoms. The highest BCUT2D eigenvalue weighted by Crippen LogP contribution is 2.16. The van der Waals surface area contributed by atoms with Crippen molar-refractivity contribution in [3.63, 3.8) is 0 Å². The highest BCUT2D eigenvalue weighted by Gasteiger charge is 2.23. The van der Waals surface area contributed by atoms with E-state index in [0.29, 0.717) is 19.3 Å². The first kappa shape index (κ1) is 20.7. The fourth-order valence-electron chi connectivity index (χ4n) is 2.84. The molecule has 0 saturated carbocycles. The number of aldehydes is 1. The van der Waals surface area contributed by atoms with E-state index >= 15 is 0 Å². The van der Waals surface area contributed by atoms with Gasteiger partial charge in [0.15, 0.2) is 12.0 Å². The van der Waals surface area contributed by atoms with Gasteiger partial charge in [0.1, 0.15) is 5.69 Å². The molecule has 1 aliphatic rings. The second kappa shape index (κ2) is 9.93. The molecule has 0 radical (unpaired) electrons. The Kier molecular flexibility index (Phi) is 7.62. The Morgan fingerprint density at radius 1 is 1.41 bits per heavy atom. The third-order valence-electron chi connectivity index (χ3n) is 4.18. The van der Waals surface area contributed by atoms with Crippen molar-refractivity contribution in [1.82, 2.24) is 9.58 Å². The van der Waals surface area contributed by atoms with Crippen LogP contribution in [0.4, 0.5) is 4.79 Å². The lowest BCUT2D eigenvalue weighted by Crippen LogP contribution is -2.44. The van der Waals surface area contributed by atoms with Gasteiger partial charge in [-0.1, -0.05) is 0 Å². The molecular weight excluding hydrogens is 358 g/mol. The van der Waals surface area contributed by atoms with Gasteiger partial charge in [-0.3, -0.25) is 19.2 Å². The molecule has 2 rings (SSSR count). The first-order valence-corrected chi connectivity index (χ1v) is 8.74. The summed E-state index contributed by atoms with van der Waals surface area (Å²) in [6.45, 7) is 1.70. The number of ether oxygens (including phenoxy) is 3. The molecule has 10 nitrogen and oxygen atoms in total. The standard InChI is InChI=1S/C17H25N3O7/c1-3-25-17(24)27-11-26-16-13(10-21)20(8-7-14(16)23)18-15-6-4-5-12(22)9-19(15)2/h7-8,10,12,15,18,22H,3-6,9,11H2,1-2H3. The first-order chi connectivity index (χ1) is 13.0. The minimum absolute atomic E-state index is 0.0341. The number of rotatable bonds is 7. The van der Waals surface area contributed by atoms with Gasteiger partial charge in [0.2, 0.25) is 12.2 Å². The van der Waals surface area contributed by atoms with E-state index in [2.05, 4.69) is 14.9 Å². The van der Waals surface area contributed by atoms with Crippen LogP contribution in [0.15, 0.2) is 17.1 Å². The molecule has 10 heteroatoms. The summed E-state index contributed by atoms with van der Waals surface area (Å²) >= 11 is 0. The Hall–Kier alpha value is -2.59. The van der Waals surface area contributed by atoms with Crippen molar-refractivity contribution in [2.45, 2.75) is 38.5 Å². The molecule has 0 aromatic carbocycles. The smallest absolute Gasteiger partial charge is 0.451 e. The molecule has 0 aliphatic carbocycles. The highest BCUT2D eigenvalue weighted by atomic mass is 16.8. The Morgan fingerprint density at radius 2 is 2.19 bits per heavy atom. The molecule has 0 amide bonds. The number of likely N-dealkylation sites (N-methyl/N-ethyl adjacent to an activating group) is 1. The molecule has 1 aliphatic heterocycles. The van der Waals surface area contributed by atoms with Crippen LogP contribution in [0.2, 0.25) is 0 Å². The molecule has 1 aromatic heterocycles. The van der Waals surface area contributed by atoms with Crippen molar-refractivity contribution in [2.24, 2.45) is 0 Å². The first-order valence-electron chi connectivity index (χ1n) is 8.74. The lowest BCUT2D eigenvalue weighted by Gasteiger charge is -2.29. The number of β-amino-alcohol motifs (C(OH)–C–C–N with tert-alkyl or cyclic N) is 1. The summed E-state index contributed by atoms with van der Waals surface area (Å²) in [5.74, 6) is -0.236. The van der Waals surface area contributed by atoms with E-state index in [9.17, 15) is 19.5 Å². The number of pyridine rings is 1. The van der Waals surface area contributed by atoms with Crippen LogP contribution < -0.4 is 15.6 Å². The second-order valence-corrected chi connectivity index (χ2v) is 6.14. The van der Waals surface area contributed by atoms with Gasteiger partial charge in [-0.15, -0.1) is 0 Å². The van der Waals surface area contributed by atoms with E-state index in [0.717, 1.165) is 12.8 Å². The van der Waals surface area contributed by atoms with Crippen molar-refractivity contribution in [1.29, 1.82) is 0 Å². The topological polar surface area (TPSA) is 119 Å². The van der Waals surface area contributed by atoms with Gasteiger partial charge < -0.3 is 24.7 Å². The average molecular weight is 383 g/mol. The van der Waals surface area contributed by atoms with Crippen LogP contribution in [0, 0.1) is 0 Å². The zero-order chi connectivity index (χ0) is 19.8. The van der Waals surface area contributed by atoms with Gasteiger partial charge in [-0.2, -0.15) is 0 Å². The van der Waals surface area contributed by atoms with Gasteiger partial charge in [-0.25, -0.2) is 4.79 Å². The highest BCUT2D eigenvalue weighted by molar-refractivity contribution is 5.76. The maximum atomic E-state index is 12.1. The van der Waals surface area contributed by atoms with Gasteiger partial charge in [0, 0.05) is 18.8 Å². The Morgan fingerprint density at radius 3 is 2.89 bits per heavy atom. The number of aliphatic hydroxyl groups excluding tert-OH is 1. The summed E-state index contributed by atoms with van der Waals surface area (Å²) in [5, 5.41) is 9.86. The number of carbonyl (C=O) groups excluding carboxylic acids is 2. The number of aromatic nitrogens is 1. The normalized spacial score (nSPS) is 20.4. The minimum atomic E-state index is -0.932. The van der Waals surface area contributed by atoms with Crippen LogP contribution in [0.1, 0.15) is 36.7 Å². The van der Waals surface area contributed by atoms with Gasteiger partial charge in [0.05, 0.1) is 18.9 Å². The van der Waals surface area contributed by atoms with E-state index in [-0.39, 0.29) is 24.2 Å². The van der Waals surface area contributed by atoms with E-state index in [1.165, 1.54) is 16.9 Å². The van der Waals surface area contributed by atoms with E-state index < -0.39 is 24.5 Å². The fraction of sp³-hybridized carbons (Fsp3) is 0.588. The lowest BCUT2D eigenvalue weighted by atomic mass is 10.2. The van der Waals surface area contributed by atoms with Crippen molar-refractivity contribution < 1.29 is 28.9 Å². The largest absolute Gasteiger partial charge is 0.511 e. The van der Waals surface area contributed by atoms with Crippen LogP contribution in [0.3, 0.4) is 0 Å². The Bertz CT molecular complexity index is 706. The van der Waals surface area contributed by atoms with Crippen LogP contribution in [0.25, 0.3) is 0 Å². The van der Waals surface area contributed by atoms with Crippen molar-refractivity contribution in [2.75, 3.05) is 32.4 Å². The molecule has 1 aromatic rings. The number of hydrogen-bond donors (Lipinski definition) is 2. The minimum Gasteiger partial charge on any atom is -0.451 e. The molecule has 150 valence electrons. The summed E-state index contributed by atoms with van der Waals surface area (Å²) in [7, 11) is 1.86. The molecule has 2 N–H and O–H groups in total. The van der Waals surface area contributed by atoms with Gasteiger partial charge in [-0.05, 0) is 33.2 Å². The second-order valence-electron chi connectivity index (χ2n) is 6.14.